The summed E-state index contributed by atoms with van der Waals surface area (Å²) >= 11 is 0. The van der Waals surface area contributed by atoms with E-state index in [4.69, 9.17) is 5.73 Å². The second-order valence-corrected chi connectivity index (χ2v) is 7.03. The van der Waals surface area contributed by atoms with Crippen molar-refractivity contribution in [1.29, 1.82) is 0 Å². The Hall–Kier alpha value is -1.11. The smallest absolute Gasteiger partial charge is 0.301 e. The first-order valence-electron chi connectivity index (χ1n) is 7.01. The number of rotatable bonds is 4. The summed E-state index contributed by atoms with van der Waals surface area (Å²) in [6.07, 6.45) is 2.77. The molecule has 1 unspecified atom stereocenters. The van der Waals surface area contributed by atoms with Crippen molar-refractivity contribution in [3.63, 3.8) is 0 Å². The van der Waals surface area contributed by atoms with Gasteiger partial charge in [-0.25, -0.2) is 0 Å². The molecule has 6 heteroatoms. The Bertz CT molecular complexity index is 572. The number of hydrogen-bond donors (Lipinski definition) is 2. The molecule has 0 aliphatic carbocycles. The van der Waals surface area contributed by atoms with Gasteiger partial charge in [0.15, 0.2) is 0 Å². The van der Waals surface area contributed by atoms with Crippen LogP contribution < -0.4 is 10.5 Å². The Morgan fingerprint density at radius 2 is 2.05 bits per heavy atom. The third-order valence-electron chi connectivity index (χ3n) is 3.91. The molecule has 1 aliphatic rings. The molecule has 1 fully saturated rings. The molecule has 0 saturated carbocycles. The zero-order chi connectivity index (χ0) is 14.8. The molecule has 1 aliphatic heterocycles. The predicted octanol–water partition coefficient (Wildman–Crippen LogP) is 1.77. The van der Waals surface area contributed by atoms with Gasteiger partial charge in [-0.05, 0) is 49.9 Å². The largest absolute Gasteiger partial charge is 0.329 e. The summed E-state index contributed by atoms with van der Waals surface area (Å²) in [7, 11) is -3.52. The summed E-state index contributed by atoms with van der Waals surface area (Å²) in [4.78, 5) is 0. The maximum absolute atomic E-state index is 12.5. The molecular weight excluding hydrogens is 274 g/mol. The minimum atomic E-state index is -3.52. The molecule has 20 heavy (non-hydrogen) atoms. The topological polar surface area (TPSA) is 75.4 Å². The van der Waals surface area contributed by atoms with Crippen molar-refractivity contribution in [2.45, 2.75) is 39.2 Å². The van der Waals surface area contributed by atoms with Crippen molar-refractivity contribution >= 4 is 15.9 Å². The Morgan fingerprint density at radius 3 is 2.70 bits per heavy atom. The molecule has 5 nitrogen and oxygen atoms in total. The van der Waals surface area contributed by atoms with Gasteiger partial charge in [-0.15, -0.1) is 0 Å². The predicted molar refractivity (Wildman–Crippen MR) is 81.9 cm³/mol. The van der Waals surface area contributed by atoms with Gasteiger partial charge in [0.1, 0.15) is 0 Å². The van der Waals surface area contributed by atoms with Gasteiger partial charge in [-0.1, -0.05) is 12.5 Å². The van der Waals surface area contributed by atoms with Gasteiger partial charge in [-0.2, -0.15) is 12.7 Å². The summed E-state index contributed by atoms with van der Waals surface area (Å²) in [6.45, 7) is 4.88. The lowest BCUT2D eigenvalue weighted by Crippen LogP contribution is -2.49. The van der Waals surface area contributed by atoms with Crippen LogP contribution in [0.5, 0.6) is 0 Å². The lowest BCUT2D eigenvalue weighted by atomic mass is 10.1. The van der Waals surface area contributed by atoms with Crippen LogP contribution >= 0.6 is 0 Å². The first-order chi connectivity index (χ1) is 9.44. The fourth-order valence-corrected chi connectivity index (χ4v) is 4.03. The van der Waals surface area contributed by atoms with E-state index >= 15 is 0 Å². The zero-order valence-corrected chi connectivity index (χ0v) is 12.9. The highest BCUT2D eigenvalue weighted by atomic mass is 32.2. The van der Waals surface area contributed by atoms with Gasteiger partial charge in [0.25, 0.3) is 0 Å². The number of hydrogen-bond acceptors (Lipinski definition) is 3. The van der Waals surface area contributed by atoms with Crippen LogP contribution in [0.15, 0.2) is 18.2 Å². The van der Waals surface area contributed by atoms with Crippen LogP contribution in [0.1, 0.15) is 30.4 Å². The van der Waals surface area contributed by atoms with E-state index in [1.807, 2.05) is 26.0 Å². The summed E-state index contributed by atoms with van der Waals surface area (Å²) in [5.74, 6) is 0. The van der Waals surface area contributed by atoms with Gasteiger partial charge < -0.3 is 5.73 Å². The SMILES string of the molecule is Cc1ccc(NS(=O)(=O)N2CCCCC2CN)cc1C. The maximum Gasteiger partial charge on any atom is 0.301 e. The van der Waals surface area contributed by atoms with Gasteiger partial charge in [0, 0.05) is 19.1 Å². The van der Waals surface area contributed by atoms with Crippen molar-refractivity contribution < 1.29 is 8.42 Å². The number of nitrogens with two attached hydrogens (primary N) is 1. The molecule has 0 amide bonds. The lowest BCUT2D eigenvalue weighted by Gasteiger charge is -2.33. The van der Waals surface area contributed by atoms with E-state index in [0.717, 1.165) is 30.4 Å². The third-order valence-corrected chi connectivity index (χ3v) is 5.50. The molecule has 0 spiro atoms. The van der Waals surface area contributed by atoms with Gasteiger partial charge in [0.05, 0.1) is 5.69 Å². The molecule has 3 N–H and O–H groups in total. The van der Waals surface area contributed by atoms with Crippen LogP contribution in [0, 0.1) is 13.8 Å². The molecule has 0 radical (unpaired) electrons. The molecule has 1 atom stereocenters. The van der Waals surface area contributed by atoms with E-state index in [-0.39, 0.29) is 6.04 Å². The number of nitrogens with zero attached hydrogens (tertiary/aromatic N) is 1. The third kappa shape index (κ3) is 3.31. The molecule has 1 aromatic rings. The molecule has 1 saturated heterocycles. The number of nitrogens with one attached hydrogen (secondary N) is 1. The van der Waals surface area contributed by atoms with Crippen LogP contribution in [-0.2, 0) is 10.2 Å². The van der Waals surface area contributed by atoms with E-state index < -0.39 is 10.2 Å². The van der Waals surface area contributed by atoms with Crippen molar-refractivity contribution in [1.82, 2.24) is 4.31 Å². The summed E-state index contributed by atoms with van der Waals surface area (Å²) in [5.41, 5.74) is 8.51. The van der Waals surface area contributed by atoms with E-state index in [9.17, 15) is 8.42 Å². The molecule has 2 rings (SSSR count). The Morgan fingerprint density at radius 1 is 1.30 bits per heavy atom. The van der Waals surface area contributed by atoms with Crippen molar-refractivity contribution in [3.8, 4) is 0 Å². The first kappa shape index (κ1) is 15.3. The molecule has 0 bridgehead atoms. The summed E-state index contributed by atoms with van der Waals surface area (Å²) in [6, 6.07) is 5.48. The maximum atomic E-state index is 12.5. The van der Waals surface area contributed by atoms with E-state index in [2.05, 4.69) is 4.72 Å². The van der Waals surface area contributed by atoms with Gasteiger partial charge in [-0.3, -0.25) is 4.72 Å². The quantitative estimate of drug-likeness (QED) is 0.889. The van der Waals surface area contributed by atoms with Crippen molar-refractivity contribution in [2.24, 2.45) is 5.73 Å². The van der Waals surface area contributed by atoms with E-state index in [0.29, 0.717) is 18.8 Å². The van der Waals surface area contributed by atoms with Crippen LogP contribution in [0.4, 0.5) is 5.69 Å². The van der Waals surface area contributed by atoms with Gasteiger partial charge >= 0.3 is 10.2 Å². The molecule has 0 aromatic heterocycles. The fraction of sp³-hybridized carbons (Fsp3) is 0.571. The number of aryl methyl sites for hydroxylation is 2. The minimum Gasteiger partial charge on any atom is -0.329 e. The fourth-order valence-electron chi connectivity index (χ4n) is 2.54. The van der Waals surface area contributed by atoms with Crippen LogP contribution in [0.25, 0.3) is 0 Å². The molecular formula is C14H23N3O2S. The second kappa shape index (κ2) is 6.11. The standard InChI is InChI=1S/C14H23N3O2S/c1-11-6-7-13(9-12(11)2)16-20(18,19)17-8-4-3-5-14(17)10-15/h6-7,9,14,16H,3-5,8,10,15H2,1-2H3. The number of piperidine rings is 1. The van der Waals surface area contributed by atoms with E-state index in [1.54, 1.807) is 6.07 Å². The molecule has 1 heterocycles. The average Bonchev–Trinajstić information content (AvgIpc) is 2.42. The number of anilines is 1. The summed E-state index contributed by atoms with van der Waals surface area (Å²) in [5, 5.41) is 0. The first-order valence-corrected chi connectivity index (χ1v) is 8.45. The Labute approximate surface area is 121 Å². The minimum absolute atomic E-state index is 0.0900. The molecule has 1 aromatic carbocycles. The monoisotopic (exact) mass is 297 g/mol. The van der Waals surface area contributed by atoms with Crippen LogP contribution in [0.3, 0.4) is 0 Å². The Kier molecular flexibility index (Phi) is 4.67. The normalized spacial score (nSPS) is 20.9. The van der Waals surface area contributed by atoms with E-state index in [1.165, 1.54) is 4.31 Å². The van der Waals surface area contributed by atoms with Crippen LogP contribution in [-0.4, -0.2) is 31.9 Å². The second-order valence-electron chi connectivity index (χ2n) is 5.40. The summed E-state index contributed by atoms with van der Waals surface area (Å²) < 4.78 is 29.1. The van der Waals surface area contributed by atoms with Crippen molar-refractivity contribution in [3.05, 3.63) is 29.3 Å². The highest BCUT2D eigenvalue weighted by Crippen LogP contribution is 2.22. The average molecular weight is 297 g/mol. The lowest BCUT2D eigenvalue weighted by molar-refractivity contribution is 0.259. The van der Waals surface area contributed by atoms with Crippen LogP contribution in [0.2, 0.25) is 0 Å². The highest BCUT2D eigenvalue weighted by molar-refractivity contribution is 7.90. The zero-order valence-electron chi connectivity index (χ0n) is 12.1. The highest BCUT2D eigenvalue weighted by Gasteiger charge is 2.31. The van der Waals surface area contributed by atoms with Gasteiger partial charge in [0.2, 0.25) is 0 Å². The van der Waals surface area contributed by atoms with Crippen molar-refractivity contribution in [2.75, 3.05) is 17.8 Å². The molecule has 112 valence electrons. The Balaban J connectivity index is 2.19. The number of benzene rings is 1.